The van der Waals surface area contributed by atoms with Crippen LogP contribution in [0.3, 0.4) is 0 Å². The van der Waals surface area contributed by atoms with Crippen LogP contribution in [0.1, 0.15) is 26.2 Å². The SMILES string of the molecule is C=CCN(CCCCNCCC)CCOC. The zero-order valence-electron chi connectivity index (χ0n) is 11.0. The molecule has 1 N–H and O–H groups in total. The Hall–Kier alpha value is -0.380. The van der Waals surface area contributed by atoms with Crippen molar-refractivity contribution in [3.8, 4) is 0 Å². The molecule has 0 aliphatic carbocycles. The lowest BCUT2D eigenvalue weighted by Crippen LogP contribution is -2.29. The van der Waals surface area contributed by atoms with E-state index in [1.807, 2.05) is 6.08 Å². The quantitative estimate of drug-likeness (QED) is 0.408. The van der Waals surface area contributed by atoms with E-state index in [1.54, 1.807) is 7.11 Å². The molecule has 0 aliphatic rings. The smallest absolute Gasteiger partial charge is 0.0589 e. The summed E-state index contributed by atoms with van der Waals surface area (Å²) in [5.41, 5.74) is 0. The number of hydrogen-bond acceptors (Lipinski definition) is 3. The third kappa shape index (κ3) is 10.1. The highest BCUT2D eigenvalue weighted by atomic mass is 16.5. The third-order valence-electron chi connectivity index (χ3n) is 2.50. The topological polar surface area (TPSA) is 24.5 Å². The molecule has 16 heavy (non-hydrogen) atoms. The molecule has 0 saturated heterocycles. The molecule has 0 amide bonds. The van der Waals surface area contributed by atoms with E-state index in [9.17, 15) is 0 Å². The highest BCUT2D eigenvalue weighted by molar-refractivity contribution is 4.73. The van der Waals surface area contributed by atoms with Crippen molar-refractivity contribution in [1.82, 2.24) is 10.2 Å². The molecule has 0 fully saturated rings. The molecule has 3 nitrogen and oxygen atoms in total. The number of nitrogens with zero attached hydrogens (tertiary/aromatic N) is 1. The molecule has 0 spiro atoms. The monoisotopic (exact) mass is 228 g/mol. The maximum Gasteiger partial charge on any atom is 0.0589 e. The van der Waals surface area contributed by atoms with E-state index in [2.05, 4.69) is 23.7 Å². The first-order valence-electron chi connectivity index (χ1n) is 6.38. The molecule has 0 radical (unpaired) electrons. The molecular formula is C13H28N2O. The average molecular weight is 228 g/mol. The second kappa shape index (κ2) is 12.7. The predicted octanol–water partition coefficient (Wildman–Crippen LogP) is 1.90. The van der Waals surface area contributed by atoms with Crippen molar-refractivity contribution in [3.05, 3.63) is 12.7 Å². The van der Waals surface area contributed by atoms with Gasteiger partial charge in [0.15, 0.2) is 0 Å². The first-order valence-corrected chi connectivity index (χ1v) is 6.38. The molecular weight excluding hydrogens is 200 g/mol. The van der Waals surface area contributed by atoms with Crippen molar-refractivity contribution >= 4 is 0 Å². The molecule has 0 atom stereocenters. The zero-order chi connectivity index (χ0) is 12.1. The minimum atomic E-state index is 0.807. The Morgan fingerprint density at radius 1 is 1.25 bits per heavy atom. The van der Waals surface area contributed by atoms with Gasteiger partial charge in [-0.2, -0.15) is 0 Å². The Morgan fingerprint density at radius 3 is 2.69 bits per heavy atom. The molecule has 0 aromatic rings. The molecule has 0 rings (SSSR count). The van der Waals surface area contributed by atoms with Crippen molar-refractivity contribution in [2.75, 3.05) is 46.4 Å². The lowest BCUT2D eigenvalue weighted by atomic mass is 10.3. The summed E-state index contributed by atoms with van der Waals surface area (Å²) < 4.78 is 5.09. The van der Waals surface area contributed by atoms with Crippen molar-refractivity contribution < 1.29 is 4.74 Å². The molecule has 0 saturated carbocycles. The summed E-state index contributed by atoms with van der Waals surface area (Å²) in [4.78, 5) is 2.39. The summed E-state index contributed by atoms with van der Waals surface area (Å²) in [5, 5.41) is 3.42. The Morgan fingerprint density at radius 2 is 2.06 bits per heavy atom. The van der Waals surface area contributed by atoms with Gasteiger partial charge in [0.25, 0.3) is 0 Å². The predicted molar refractivity (Wildman–Crippen MR) is 70.9 cm³/mol. The molecule has 0 bridgehead atoms. The molecule has 0 aromatic carbocycles. The van der Waals surface area contributed by atoms with Crippen LogP contribution < -0.4 is 5.32 Å². The highest BCUT2D eigenvalue weighted by Gasteiger charge is 2.01. The van der Waals surface area contributed by atoms with Gasteiger partial charge < -0.3 is 10.1 Å². The van der Waals surface area contributed by atoms with Gasteiger partial charge in [0.2, 0.25) is 0 Å². The summed E-state index contributed by atoms with van der Waals surface area (Å²) in [7, 11) is 1.75. The molecule has 0 heterocycles. The van der Waals surface area contributed by atoms with E-state index in [0.29, 0.717) is 0 Å². The maximum atomic E-state index is 5.09. The van der Waals surface area contributed by atoms with Crippen LogP contribution in [0.15, 0.2) is 12.7 Å². The summed E-state index contributed by atoms with van der Waals surface area (Å²) in [6.45, 7) is 12.2. The van der Waals surface area contributed by atoms with Gasteiger partial charge in [-0.25, -0.2) is 0 Å². The number of hydrogen-bond donors (Lipinski definition) is 1. The first-order chi connectivity index (χ1) is 7.85. The van der Waals surface area contributed by atoms with Crippen LogP contribution in [0.5, 0.6) is 0 Å². The van der Waals surface area contributed by atoms with Crippen molar-refractivity contribution in [2.24, 2.45) is 0 Å². The fourth-order valence-corrected chi connectivity index (χ4v) is 1.58. The van der Waals surface area contributed by atoms with Crippen LogP contribution >= 0.6 is 0 Å². The number of methoxy groups -OCH3 is 1. The van der Waals surface area contributed by atoms with Crippen molar-refractivity contribution in [1.29, 1.82) is 0 Å². The Labute approximate surface area is 101 Å². The summed E-state index contributed by atoms with van der Waals surface area (Å²) >= 11 is 0. The van der Waals surface area contributed by atoms with Crippen LogP contribution in [-0.4, -0.2) is 51.3 Å². The molecule has 96 valence electrons. The van der Waals surface area contributed by atoms with Crippen LogP contribution in [0.25, 0.3) is 0 Å². The van der Waals surface area contributed by atoms with Gasteiger partial charge in [0, 0.05) is 20.2 Å². The number of rotatable bonds is 12. The summed E-state index contributed by atoms with van der Waals surface area (Å²) in [5.74, 6) is 0. The van der Waals surface area contributed by atoms with E-state index >= 15 is 0 Å². The zero-order valence-corrected chi connectivity index (χ0v) is 11.0. The fraction of sp³-hybridized carbons (Fsp3) is 0.846. The molecule has 3 heteroatoms. The average Bonchev–Trinajstić information content (AvgIpc) is 2.30. The van der Waals surface area contributed by atoms with Crippen molar-refractivity contribution in [2.45, 2.75) is 26.2 Å². The van der Waals surface area contributed by atoms with Gasteiger partial charge in [-0.15, -0.1) is 6.58 Å². The largest absolute Gasteiger partial charge is 0.383 e. The second-order valence-corrected chi connectivity index (χ2v) is 4.04. The van der Waals surface area contributed by atoms with Gasteiger partial charge in [-0.3, -0.25) is 4.90 Å². The van der Waals surface area contributed by atoms with Crippen LogP contribution in [0, 0.1) is 0 Å². The maximum absolute atomic E-state index is 5.09. The molecule has 0 aromatic heterocycles. The van der Waals surface area contributed by atoms with E-state index in [1.165, 1.54) is 19.3 Å². The van der Waals surface area contributed by atoms with Gasteiger partial charge in [-0.1, -0.05) is 13.0 Å². The van der Waals surface area contributed by atoms with Crippen LogP contribution in [0.2, 0.25) is 0 Å². The van der Waals surface area contributed by atoms with E-state index in [4.69, 9.17) is 4.74 Å². The standard InChI is InChI=1S/C13H28N2O/c1-4-8-14-9-6-7-11-15(10-5-2)12-13-16-3/h5,14H,2,4,6-13H2,1,3H3. The minimum absolute atomic E-state index is 0.807. The van der Waals surface area contributed by atoms with Gasteiger partial charge in [0.05, 0.1) is 6.61 Å². The van der Waals surface area contributed by atoms with Gasteiger partial charge in [0.1, 0.15) is 0 Å². The lowest BCUT2D eigenvalue weighted by molar-refractivity contribution is 0.153. The van der Waals surface area contributed by atoms with E-state index in [0.717, 1.165) is 39.3 Å². The third-order valence-corrected chi connectivity index (χ3v) is 2.50. The van der Waals surface area contributed by atoms with E-state index in [-0.39, 0.29) is 0 Å². The van der Waals surface area contributed by atoms with Crippen LogP contribution in [-0.2, 0) is 4.74 Å². The Bertz CT molecular complexity index is 151. The Balaban J connectivity index is 3.39. The fourth-order valence-electron chi connectivity index (χ4n) is 1.58. The number of unbranched alkanes of at least 4 members (excludes halogenated alkanes) is 1. The van der Waals surface area contributed by atoms with Gasteiger partial charge in [-0.05, 0) is 38.9 Å². The number of ether oxygens (including phenoxy) is 1. The summed E-state index contributed by atoms with van der Waals surface area (Å²) in [6, 6.07) is 0. The number of nitrogens with one attached hydrogen (secondary N) is 1. The molecule has 0 aliphatic heterocycles. The lowest BCUT2D eigenvalue weighted by Gasteiger charge is -2.19. The summed E-state index contributed by atoms with van der Waals surface area (Å²) in [6.07, 6.45) is 5.68. The van der Waals surface area contributed by atoms with Crippen molar-refractivity contribution in [3.63, 3.8) is 0 Å². The molecule has 0 unspecified atom stereocenters. The second-order valence-electron chi connectivity index (χ2n) is 4.04. The normalized spacial score (nSPS) is 10.9. The van der Waals surface area contributed by atoms with Gasteiger partial charge >= 0.3 is 0 Å². The first kappa shape index (κ1) is 15.6. The Kier molecular flexibility index (Phi) is 12.4. The highest BCUT2D eigenvalue weighted by Crippen LogP contribution is 1.95. The van der Waals surface area contributed by atoms with E-state index < -0.39 is 0 Å². The minimum Gasteiger partial charge on any atom is -0.383 e. The van der Waals surface area contributed by atoms with Crippen LogP contribution in [0.4, 0.5) is 0 Å².